The lowest BCUT2D eigenvalue weighted by Crippen LogP contribution is -2.49. The second-order valence-corrected chi connectivity index (χ2v) is 9.19. The van der Waals surface area contributed by atoms with Gasteiger partial charge in [0.2, 0.25) is 0 Å². The summed E-state index contributed by atoms with van der Waals surface area (Å²) in [6.07, 6.45) is 7.54. The molecule has 0 aliphatic carbocycles. The zero-order valence-corrected chi connectivity index (χ0v) is 19.2. The van der Waals surface area contributed by atoms with Gasteiger partial charge in [-0.05, 0) is 74.8 Å². The number of halogens is 2. The number of rotatable bonds is 5. The van der Waals surface area contributed by atoms with E-state index in [0.717, 1.165) is 36.1 Å². The van der Waals surface area contributed by atoms with Crippen LogP contribution in [0.1, 0.15) is 44.6 Å². The lowest BCUT2D eigenvalue weighted by Gasteiger charge is -2.45. The van der Waals surface area contributed by atoms with Gasteiger partial charge < -0.3 is 10.2 Å². The van der Waals surface area contributed by atoms with Gasteiger partial charge >= 0.3 is 4.87 Å². The Hall–Kier alpha value is -0.590. The topological polar surface area (TPSA) is 37.3 Å². The van der Waals surface area contributed by atoms with Crippen LogP contribution >= 0.6 is 36.2 Å². The van der Waals surface area contributed by atoms with Crippen LogP contribution in [0.5, 0.6) is 0 Å². The fraction of sp³-hybridized carbons (Fsp3) is 0.667. The van der Waals surface area contributed by atoms with Crippen LogP contribution in [0.25, 0.3) is 10.2 Å². The van der Waals surface area contributed by atoms with E-state index in [1.54, 1.807) is 0 Å². The highest BCUT2D eigenvalue weighted by atomic mass is 35.5. The van der Waals surface area contributed by atoms with Gasteiger partial charge in [0.15, 0.2) is 0 Å². The third kappa shape index (κ3) is 5.11. The van der Waals surface area contributed by atoms with E-state index in [4.69, 9.17) is 0 Å². The van der Waals surface area contributed by atoms with Gasteiger partial charge in [-0.1, -0.05) is 30.7 Å². The SMILES string of the molecule is CCCc1ccc2c(c1)sc(=O)n2CCN1CCCC2(CCNCC2)C1.Cl.Cl. The molecule has 2 aromatic rings. The molecule has 1 aromatic carbocycles. The fourth-order valence-corrected chi connectivity index (χ4v) is 5.86. The van der Waals surface area contributed by atoms with E-state index in [1.165, 1.54) is 68.8 Å². The van der Waals surface area contributed by atoms with Crippen LogP contribution < -0.4 is 10.2 Å². The van der Waals surface area contributed by atoms with E-state index in [2.05, 4.69) is 35.3 Å². The van der Waals surface area contributed by atoms with Gasteiger partial charge in [0.25, 0.3) is 0 Å². The fourth-order valence-electron chi connectivity index (χ4n) is 4.87. The lowest BCUT2D eigenvalue weighted by molar-refractivity contribution is 0.0578. The Labute approximate surface area is 184 Å². The minimum Gasteiger partial charge on any atom is -0.317 e. The molecule has 3 heterocycles. The first-order valence-corrected chi connectivity index (χ1v) is 11.1. The minimum atomic E-state index is 0. The molecular weight excluding hydrogens is 413 g/mol. The summed E-state index contributed by atoms with van der Waals surface area (Å²) < 4.78 is 3.15. The van der Waals surface area contributed by atoms with Crippen molar-refractivity contribution in [2.24, 2.45) is 5.41 Å². The van der Waals surface area contributed by atoms with Crippen LogP contribution in [0.15, 0.2) is 23.0 Å². The molecule has 0 radical (unpaired) electrons. The summed E-state index contributed by atoms with van der Waals surface area (Å²) in [5, 5.41) is 3.50. The lowest BCUT2D eigenvalue weighted by atomic mass is 9.73. The van der Waals surface area contributed by atoms with E-state index in [9.17, 15) is 4.79 Å². The van der Waals surface area contributed by atoms with Crippen LogP contribution in [-0.2, 0) is 13.0 Å². The number of nitrogens with zero attached hydrogens (tertiary/aromatic N) is 2. The van der Waals surface area contributed by atoms with Crippen LogP contribution in [0, 0.1) is 5.41 Å². The van der Waals surface area contributed by atoms with Crippen LogP contribution in [0.4, 0.5) is 0 Å². The molecule has 0 saturated carbocycles. The van der Waals surface area contributed by atoms with Crippen LogP contribution in [0.3, 0.4) is 0 Å². The monoisotopic (exact) mass is 445 g/mol. The van der Waals surface area contributed by atoms with Crippen molar-refractivity contribution in [3.63, 3.8) is 0 Å². The third-order valence-corrected chi connectivity index (χ3v) is 7.26. The van der Waals surface area contributed by atoms with E-state index in [0.29, 0.717) is 5.41 Å². The van der Waals surface area contributed by atoms with Crippen molar-refractivity contribution in [3.8, 4) is 0 Å². The predicted octanol–water partition coefficient (Wildman–Crippen LogP) is 4.32. The summed E-state index contributed by atoms with van der Waals surface area (Å²) in [6.45, 7) is 8.76. The first-order chi connectivity index (χ1) is 12.7. The summed E-state index contributed by atoms with van der Waals surface area (Å²) in [5.41, 5.74) is 2.99. The van der Waals surface area contributed by atoms with Crippen molar-refractivity contribution in [1.29, 1.82) is 0 Å². The molecule has 2 saturated heterocycles. The number of thiazole rings is 1. The summed E-state index contributed by atoms with van der Waals surface area (Å²) in [4.78, 5) is 15.3. The Morgan fingerprint density at radius 3 is 2.68 bits per heavy atom. The smallest absolute Gasteiger partial charge is 0.308 e. The van der Waals surface area contributed by atoms with E-state index in [-0.39, 0.29) is 29.7 Å². The first kappa shape index (κ1) is 23.7. The second-order valence-electron chi connectivity index (χ2n) is 8.20. The highest BCUT2D eigenvalue weighted by Crippen LogP contribution is 2.37. The van der Waals surface area contributed by atoms with Crippen molar-refractivity contribution < 1.29 is 0 Å². The summed E-state index contributed by atoms with van der Waals surface area (Å²) in [7, 11) is 0. The molecule has 0 atom stereocenters. The zero-order valence-electron chi connectivity index (χ0n) is 16.7. The molecule has 1 N–H and O–H groups in total. The molecule has 0 bridgehead atoms. The summed E-state index contributed by atoms with van der Waals surface area (Å²) in [6, 6.07) is 6.56. The largest absolute Gasteiger partial charge is 0.317 e. The first-order valence-electron chi connectivity index (χ1n) is 10.2. The van der Waals surface area contributed by atoms with E-state index in [1.807, 2.05) is 4.57 Å². The normalized spacial score (nSPS) is 19.3. The van der Waals surface area contributed by atoms with Crippen LogP contribution in [0.2, 0.25) is 0 Å². The molecule has 7 heteroatoms. The number of benzene rings is 1. The number of aromatic nitrogens is 1. The average Bonchev–Trinajstić information content (AvgIpc) is 2.95. The highest BCUT2D eigenvalue weighted by Gasteiger charge is 2.36. The molecular formula is C21H33Cl2N3OS. The zero-order chi connectivity index (χ0) is 18.0. The minimum absolute atomic E-state index is 0. The van der Waals surface area contributed by atoms with Gasteiger partial charge in [-0.25, -0.2) is 0 Å². The number of aryl methyl sites for hydroxylation is 1. The van der Waals surface area contributed by atoms with E-state index < -0.39 is 0 Å². The van der Waals surface area contributed by atoms with Crippen molar-refractivity contribution in [1.82, 2.24) is 14.8 Å². The van der Waals surface area contributed by atoms with Gasteiger partial charge in [0.1, 0.15) is 0 Å². The summed E-state index contributed by atoms with van der Waals surface area (Å²) >= 11 is 1.41. The predicted molar refractivity (Wildman–Crippen MR) is 125 cm³/mol. The number of piperidine rings is 2. The molecule has 2 aliphatic rings. The Morgan fingerprint density at radius 1 is 1.14 bits per heavy atom. The van der Waals surface area contributed by atoms with E-state index >= 15 is 0 Å². The van der Waals surface area contributed by atoms with Crippen molar-refractivity contribution in [2.45, 2.75) is 52.0 Å². The quantitative estimate of drug-likeness (QED) is 0.743. The second kappa shape index (κ2) is 10.4. The molecule has 1 aromatic heterocycles. The molecule has 0 amide bonds. The molecule has 28 heavy (non-hydrogen) atoms. The summed E-state index contributed by atoms with van der Waals surface area (Å²) in [5.74, 6) is 0. The Kier molecular flexibility index (Phi) is 8.83. The maximum absolute atomic E-state index is 12.5. The van der Waals surface area contributed by atoms with Crippen molar-refractivity contribution in [3.05, 3.63) is 33.4 Å². The maximum Gasteiger partial charge on any atom is 0.308 e. The highest BCUT2D eigenvalue weighted by molar-refractivity contribution is 7.16. The number of hydrogen-bond acceptors (Lipinski definition) is 4. The Bertz CT molecular complexity index is 808. The third-order valence-electron chi connectivity index (χ3n) is 6.32. The Morgan fingerprint density at radius 2 is 1.93 bits per heavy atom. The number of likely N-dealkylation sites (tertiary alicyclic amines) is 1. The van der Waals surface area contributed by atoms with Gasteiger partial charge in [0.05, 0.1) is 10.2 Å². The molecule has 4 nitrogen and oxygen atoms in total. The molecule has 2 fully saturated rings. The van der Waals surface area contributed by atoms with Gasteiger partial charge in [-0.15, -0.1) is 24.8 Å². The van der Waals surface area contributed by atoms with Crippen molar-refractivity contribution in [2.75, 3.05) is 32.7 Å². The maximum atomic E-state index is 12.5. The number of fused-ring (bicyclic) bond motifs is 1. The van der Waals surface area contributed by atoms with Gasteiger partial charge in [0, 0.05) is 19.6 Å². The van der Waals surface area contributed by atoms with Gasteiger partial charge in [-0.2, -0.15) is 0 Å². The molecule has 0 unspecified atom stereocenters. The average molecular weight is 446 g/mol. The molecule has 2 aliphatic heterocycles. The molecule has 4 rings (SSSR count). The number of hydrogen-bond donors (Lipinski definition) is 1. The standard InChI is InChI=1S/C21H31N3OS.2ClH/c1-2-4-17-5-6-18-19(15-17)26-20(25)24(18)14-13-23-12-3-7-21(16-23)8-10-22-11-9-21;;/h5-6,15,22H,2-4,7-14,16H2,1H3;2*1H. The molecule has 158 valence electrons. The van der Waals surface area contributed by atoms with Crippen molar-refractivity contribution >= 4 is 46.4 Å². The van der Waals surface area contributed by atoms with Gasteiger partial charge in [-0.3, -0.25) is 9.36 Å². The Balaban J connectivity index is 0.00000140. The number of nitrogens with one attached hydrogen (secondary N) is 1. The van der Waals surface area contributed by atoms with Crippen LogP contribution in [-0.4, -0.2) is 42.2 Å². The molecule has 1 spiro atoms.